The zero-order valence-corrected chi connectivity index (χ0v) is 24.5. The van der Waals surface area contributed by atoms with Gasteiger partial charge in [0.1, 0.15) is 17.7 Å². The number of carbonyl (C=O) groups excluding carboxylic acids is 3. The predicted molar refractivity (Wildman–Crippen MR) is 158 cm³/mol. The number of nitrogens with zero attached hydrogens (tertiary/aromatic N) is 5. The summed E-state index contributed by atoms with van der Waals surface area (Å²) in [5.74, 6) is 3.13. The number of ether oxygens (including phenoxy) is 1. The molecule has 0 bridgehead atoms. The second-order valence-electron chi connectivity index (χ2n) is 11.7. The Kier molecular flexibility index (Phi) is 9.67. The molecule has 3 unspecified atom stereocenters. The van der Waals surface area contributed by atoms with Crippen molar-refractivity contribution < 1.29 is 19.1 Å². The Labute approximate surface area is 242 Å². The second kappa shape index (κ2) is 13.0. The molecule has 3 fully saturated rings. The molecule has 41 heavy (non-hydrogen) atoms. The summed E-state index contributed by atoms with van der Waals surface area (Å²) in [5.41, 5.74) is 11.4. The fourth-order valence-corrected chi connectivity index (χ4v) is 5.78. The number of anilines is 1. The Balaban J connectivity index is 1.24. The van der Waals surface area contributed by atoms with E-state index in [1.54, 1.807) is 43.0 Å². The van der Waals surface area contributed by atoms with Crippen LogP contribution in [0.2, 0.25) is 0 Å². The van der Waals surface area contributed by atoms with Crippen molar-refractivity contribution in [2.75, 3.05) is 64.3 Å². The van der Waals surface area contributed by atoms with Crippen LogP contribution in [0.15, 0.2) is 41.5 Å². The standard InChI is InChI=1S/C29H44N8O4/c1-20(16-34-17-24-23(15-30)25(24)18-34)41-22-7-5-21(6-8-22)37(19-38)10-9-26(32-4)33-28(40)36-13-11-35(12-14-36)27(39)29(2,3)31/h5-10,19-20,23-25H,11-18,30-31H2,1-4H3,(H,32,33,40)/b10-9-. The number of rotatable bonds is 10. The maximum atomic E-state index is 12.8. The third-order valence-electron chi connectivity index (χ3n) is 8.09. The number of likely N-dealkylation sites (tertiary alicyclic amines) is 1. The molecule has 2 heterocycles. The number of hydrogen-bond donors (Lipinski definition) is 3. The van der Waals surface area contributed by atoms with E-state index < -0.39 is 5.54 Å². The highest BCUT2D eigenvalue weighted by atomic mass is 16.5. The third-order valence-corrected chi connectivity index (χ3v) is 8.09. The highest BCUT2D eigenvalue weighted by molar-refractivity contribution is 6.04. The Hall–Kier alpha value is -3.48. The first-order valence-corrected chi connectivity index (χ1v) is 14.3. The van der Waals surface area contributed by atoms with Crippen molar-refractivity contribution in [3.05, 3.63) is 36.5 Å². The normalized spacial score (nSPS) is 23.8. The van der Waals surface area contributed by atoms with Crippen molar-refractivity contribution in [3.8, 4) is 5.75 Å². The van der Waals surface area contributed by atoms with Crippen molar-refractivity contribution >= 4 is 29.9 Å². The predicted octanol–water partition coefficient (Wildman–Crippen LogP) is 0.686. The van der Waals surface area contributed by atoms with Gasteiger partial charge in [-0.15, -0.1) is 0 Å². The van der Waals surface area contributed by atoms with Crippen molar-refractivity contribution in [3.63, 3.8) is 0 Å². The molecule has 12 heteroatoms. The van der Waals surface area contributed by atoms with E-state index in [9.17, 15) is 14.4 Å². The van der Waals surface area contributed by atoms with Gasteiger partial charge in [0.2, 0.25) is 12.3 Å². The number of piperazine rings is 1. The number of nitrogens with two attached hydrogens (primary N) is 2. The summed E-state index contributed by atoms with van der Waals surface area (Å²) in [6.45, 7) is 10.9. The van der Waals surface area contributed by atoms with Crippen LogP contribution in [-0.2, 0) is 9.59 Å². The second-order valence-corrected chi connectivity index (χ2v) is 11.7. The van der Waals surface area contributed by atoms with Crippen molar-refractivity contribution in [2.24, 2.45) is 34.2 Å². The molecule has 224 valence electrons. The molecule has 3 atom stereocenters. The summed E-state index contributed by atoms with van der Waals surface area (Å²) in [5, 5.41) is 2.76. The largest absolute Gasteiger partial charge is 0.489 e. The third kappa shape index (κ3) is 7.63. The highest BCUT2D eigenvalue weighted by Crippen LogP contribution is 2.50. The van der Waals surface area contributed by atoms with Crippen LogP contribution in [0.5, 0.6) is 5.75 Å². The molecule has 4 amide bonds. The number of amides is 4. The van der Waals surface area contributed by atoms with Crippen molar-refractivity contribution in [2.45, 2.75) is 32.4 Å². The van der Waals surface area contributed by atoms with Gasteiger partial charge in [-0.1, -0.05) is 0 Å². The average Bonchev–Trinajstić information content (AvgIpc) is 3.44. The van der Waals surface area contributed by atoms with E-state index in [1.807, 2.05) is 24.3 Å². The summed E-state index contributed by atoms with van der Waals surface area (Å²) in [6.07, 6.45) is 3.83. The van der Waals surface area contributed by atoms with Gasteiger partial charge in [-0.3, -0.25) is 29.7 Å². The number of benzene rings is 1. The Morgan fingerprint density at radius 1 is 1.15 bits per heavy atom. The summed E-state index contributed by atoms with van der Waals surface area (Å²) in [6, 6.07) is 6.97. The van der Waals surface area contributed by atoms with Gasteiger partial charge in [-0.05, 0) is 75.4 Å². The SMILES string of the molecule is CN=C(/C=C\N(C=O)c1ccc(OC(C)CN2CC3C(CN)C3C2)cc1)NC(=O)N1CCN(C(=O)C(C)(C)N)CC1. The number of urea groups is 1. The monoisotopic (exact) mass is 568 g/mol. The minimum Gasteiger partial charge on any atom is -0.489 e. The Bertz CT molecular complexity index is 1130. The number of piperidine rings is 1. The van der Waals surface area contributed by atoms with Crippen LogP contribution in [0.1, 0.15) is 20.8 Å². The molecule has 2 aliphatic heterocycles. The van der Waals surface area contributed by atoms with Crippen LogP contribution in [0.4, 0.5) is 10.5 Å². The van der Waals surface area contributed by atoms with Crippen molar-refractivity contribution in [1.82, 2.24) is 20.0 Å². The van der Waals surface area contributed by atoms with Gasteiger partial charge in [0.05, 0.1) is 5.54 Å². The molecule has 5 N–H and O–H groups in total. The molecule has 0 radical (unpaired) electrons. The minimum absolute atomic E-state index is 0.0413. The van der Waals surface area contributed by atoms with E-state index in [2.05, 4.69) is 22.1 Å². The van der Waals surface area contributed by atoms with Crippen LogP contribution in [0.25, 0.3) is 0 Å². The van der Waals surface area contributed by atoms with Crippen LogP contribution < -0.4 is 26.4 Å². The summed E-state index contributed by atoms with van der Waals surface area (Å²) >= 11 is 0. The molecule has 1 aliphatic carbocycles. The first-order valence-electron chi connectivity index (χ1n) is 14.3. The van der Waals surface area contributed by atoms with E-state index in [4.69, 9.17) is 16.2 Å². The number of hydrogen-bond acceptors (Lipinski definition) is 8. The lowest BCUT2D eigenvalue weighted by atomic mass is 10.1. The number of fused-ring (bicyclic) bond motifs is 1. The molecule has 3 aliphatic rings. The fraction of sp³-hybridized carbons (Fsp3) is 0.586. The van der Waals surface area contributed by atoms with Crippen LogP contribution in [-0.4, -0.2) is 110 Å². The Morgan fingerprint density at radius 3 is 2.29 bits per heavy atom. The number of aliphatic imine (C=N–C) groups is 1. The summed E-state index contributed by atoms with van der Waals surface area (Å²) in [7, 11) is 1.56. The van der Waals surface area contributed by atoms with E-state index in [0.29, 0.717) is 50.0 Å². The zero-order chi connectivity index (χ0) is 29.7. The molecule has 1 aromatic rings. The molecule has 2 saturated heterocycles. The maximum absolute atomic E-state index is 12.8. The molecule has 0 aromatic heterocycles. The lowest BCUT2D eigenvalue weighted by Crippen LogP contribution is -2.59. The fourth-order valence-electron chi connectivity index (χ4n) is 5.78. The highest BCUT2D eigenvalue weighted by Gasteiger charge is 2.54. The zero-order valence-electron chi connectivity index (χ0n) is 24.5. The van der Waals surface area contributed by atoms with E-state index in [0.717, 1.165) is 43.8 Å². The molecule has 0 spiro atoms. The molecule has 4 rings (SSSR count). The van der Waals surface area contributed by atoms with Gasteiger partial charge in [0.25, 0.3) is 0 Å². The van der Waals surface area contributed by atoms with Gasteiger partial charge in [0.15, 0.2) is 0 Å². The molecule has 1 aromatic carbocycles. The lowest BCUT2D eigenvalue weighted by Gasteiger charge is -2.37. The summed E-state index contributed by atoms with van der Waals surface area (Å²) < 4.78 is 6.11. The first kappa shape index (κ1) is 30.5. The molecular weight excluding hydrogens is 524 g/mol. The first-order chi connectivity index (χ1) is 19.5. The smallest absolute Gasteiger partial charge is 0.323 e. The van der Waals surface area contributed by atoms with Gasteiger partial charge < -0.3 is 26.0 Å². The van der Waals surface area contributed by atoms with E-state index in [-0.39, 0.29) is 18.0 Å². The number of amidine groups is 1. The average molecular weight is 569 g/mol. The van der Waals surface area contributed by atoms with Crippen molar-refractivity contribution in [1.29, 1.82) is 0 Å². The van der Waals surface area contributed by atoms with Gasteiger partial charge >= 0.3 is 6.03 Å². The summed E-state index contributed by atoms with van der Waals surface area (Å²) in [4.78, 5) is 48.2. The number of carbonyl (C=O) groups is 3. The van der Waals surface area contributed by atoms with E-state index in [1.165, 1.54) is 4.90 Å². The van der Waals surface area contributed by atoms with Crippen LogP contribution in [0, 0.1) is 17.8 Å². The van der Waals surface area contributed by atoms with Gasteiger partial charge in [-0.2, -0.15) is 0 Å². The quantitative estimate of drug-likeness (QED) is 0.213. The minimum atomic E-state index is -0.948. The number of nitrogens with one attached hydrogen (secondary N) is 1. The molecule has 1 saturated carbocycles. The van der Waals surface area contributed by atoms with Crippen LogP contribution in [0.3, 0.4) is 0 Å². The molecule has 12 nitrogen and oxygen atoms in total. The Morgan fingerprint density at radius 2 is 1.76 bits per heavy atom. The van der Waals surface area contributed by atoms with Crippen LogP contribution >= 0.6 is 0 Å². The van der Waals surface area contributed by atoms with Gasteiger partial charge in [0, 0.05) is 64.7 Å². The molecular formula is C29H44N8O4. The maximum Gasteiger partial charge on any atom is 0.323 e. The topological polar surface area (TPSA) is 150 Å². The lowest BCUT2D eigenvalue weighted by molar-refractivity contribution is -0.137. The van der Waals surface area contributed by atoms with Gasteiger partial charge in [-0.25, -0.2) is 4.79 Å². The van der Waals surface area contributed by atoms with E-state index >= 15 is 0 Å².